The van der Waals surface area contributed by atoms with Gasteiger partial charge in [-0.25, -0.2) is 8.42 Å². The number of nitrogens with zero attached hydrogens (tertiary/aromatic N) is 2. The Labute approximate surface area is 170 Å². The van der Waals surface area contributed by atoms with Gasteiger partial charge in [0.25, 0.3) is 0 Å². The molecule has 2 aromatic carbocycles. The smallest absolute Gasteiger partial charge is 0.300 e. The van der Waals surface area contributed by atoms with E-state index in [2.05, 4.69) is 0 Å². The fourth-order valence-corrected chi connectivity index (χ4v) is 3.93. The van der Waals surface area contributed by atoms with Crippen LogP contribution in [0.3, 0.4) is 0 Å². The summed E-state index contributed by atoms with van der Waals surface area (Å²) in [6.45, 7) is 3.07. The number of aromatic nitrogens is 2. The van der Waals surface area contributed by atoms with Gasteiger partial charge in [-0.2, -0.15) is 13.2 Å². The predicted octanol–water partition coefficient (Wildman–Crippen LogP) is 3.21. The van der Waals surface area contributed by atoms with E-state index in [9.17, 15) is 31.2 Å². The van der Waals surface area contributed by atoms with E-state index in [1.165, 1.54) is 34.9 Å². The van der Waals surface area contributed by atoms with Gasteiger partial charge in [0.05, 0.1) is 28.0 Å². The summed E-state index contributed by atoms with van der Waals surface area (Å²) in [6, 6.07) is 8.04. The fourth-order valence-electron chi connectivity index (χ4n) is 3.29. The van der Waals surface area contributed by atoms with Crippen LogP contribution in [0, 0.1) is 0 Å². The summed E-state index contributed by atoms with van der Waals surface area (Å²) < 4.78 is 65.4. The van der Waals surface area contributed by atoms with E-state index in [-0.39, 0.29) is 28.6 Å². The first-order chi connectivity index (χ1) is 13.8. The van der Waals surface area contributed by atoms with E-state index in [4.69, 9.17) is 0 Å². The summed E-state index contributed by atoms with van der Waals surface area (Å²) in [6.07, 6.45) is -3.56. The second kappa shape index (κ2) is 7.42. The van der Waals surface area contributed by atoms with Crippen molar-refractivity contribution in [1.82, 2.24) is 9.13 Å². The van der Waals surface area contributed by atoms with Crippen molar-refractivity contribution < 1.29 is 21.6 Å². The monoisotopic (exact) mass is 440 g/mol. The minimum absolute atomic E-state index is 0.0684. The Kier molecular flexibility index (Phi) is 5.40. The Morgan fingerprint density at radius 3 is 2.20 bits per heavy atom. The molecule has 0 saturated heterocycles. The summed E-state index contributed by atoms with van der Waals surface area (Å²) in [5.41, 5.74) is -2.05. The topological polar surface area (TPSA) is 78.1 Å². The minimum atomic E-state index is -4.56. The van der Waals surface area contributed by atoms with Crippen LogP contribution < -0.4 is 11.1 Å². The summed E-state index contributed by atoms with van der Waals surface area (Å²) in [7, 11) is -3.62. The molecule has 160 valence electrons. The zero-order chi connectivity index (χ0) is 22.4. The van der Waals surface area contributed by atoms with Crippen molar-refractivity contribution in [2.45, 2.75) is 37.5 Å². The van der Waals surface area contributed by atoms with E-state index in [0.717, 1.165) is 23.0 Å². The normalized spacial score (nSPS) is 12.6. The molecule has 0 fully saturated rings. The van der Waals surface area contributed by atoms with Crippen LogP contribution in [0.15, 0.2) is 56.9 Å². The largest absolute Gasteiger partial charge is 0.416 e. The van der Waals surface area contributed by atoms with Crippen molar-refractivity contribution in [3.05, 3.63) is 74.3 Å². The number of hydrogen-bond donors (Lipinski definition) is 0. The number of alkyl halides is 3. The summed E-state index contributed by atoms with van der Waals surface area (Å²) >= 11 is 0. The number of halogens is 3. The third kappa shape index (κ3) is 4.04. The first-order valence-electron chi connectivity index (χ1n) is 8.96. The molecular formula is C20H19F3N2O4S. The Hall–Kier alpha value is -2.88. The fraction of sp³-hybridized carbons (Fsp3) is 0.300. The van der Waals surface area contributed by atoms with E-state index in [0.29, 0.717) is 5.52 Å². The van der Waals surface area contributed by atoms with Gasteiger partial charge in [0, 0.05) is 12.3 Å². The molecular weight excluding hydrogens is 421 g/mol. The van der Waals surface area contributed by atoms with Crippen LogP contribution in [-0.2, 0) is 22.6 Å². The maximum atomic E-state index is 13.0. The minimum Gasteiger partial charge on any atom is -0.300 e. The Bertz CT molecular complexity index is 1350. The molecule has 30 heavy (non-hydrogen) atoms. The third-order valence-corrected chi connectivity index (χ3v) is 5.79. The average molecular weight is 440 g/mol. The van der Waals surface area contributed by atoms with Crippen molar-refractivity contribution in [2.75, 3.05) is 6.26 Å². The van der Waals surface area contributed by atoms with Crippen molar-refractivity contribution in [2.24, 2.45) is 0 Å². The second-order valence-electron chi connectivity index (χ2n) is 7.28. The third-order valence-electron chi connectivity index (χ3n) is 4.68. The second-order valence-corrected chi connectivity index (χ2v) is 9.30. The van der Waals surface area contributed by atoms with Gasteiger partial charge < -0.3 is 0 Å². The van der Waals surface area contributed by atoms with Crippen LogP contribution >= 0.6 is 0 Å². The van der Waals surface area contributed by atoms with Crippen LogP contribution in [-0.4, -0.2) is 23.8 Å². The van der Waals surface area contributed by atoms with Gasteiger partial charge in [-0.15, -0.1) is 0 Å². The number of fused-ring (bicyclic) bond motifs is 1. The molecule has 0 atom stereocenters. The SMILES string of the molecule is CC(C)n1c(=O)c(=O)n(Cc2cccc(C(F)(F)F)c2)c2cc(S(C)(=O)=O)ccc21. The lowest BCUT2D eigenvalue weighted by molar-refractivity contribution is -0.137. The molecule has 0 aliphatic carbocycles. The van der Waals surface area contributed by atoms with E-state index < -0.39 is 32.7 Å². The van der Waals surface area contributed by atoms with Crippen LogP contribution in [0.2, 0.25) is 0 Å². The zero-order valence-electron chi connectivity index (χ0n) is 16.4. The molecule has 0 N–H and O–H groups in total. The molecule has 0 radical (unpaired) electrons. The molecule has 0 unspecified atom stereocenters. The zero-order valence-corrected chi connectivity index (χ0v) is 17.2. The van der Waals surface area contributed by atoms with Gasteiger partial charge in [0.15, 0.2) is 9.84 Å². The van der Waals surface area contributed by atoms with Crippen LogP contribution in [0.4, 0.5) is 13.2 Å². The highest BCUT2D eigenvalue weighted by molar-refractivity contribution is 7.90. The van der Waals surface area contributed by atoms with E-state index >= 15 is 0 Å². The van der Waals surface area contributed by atoms with Crippen molar-refractivity contribution >= 4 is 20.9 Å². The molecule has 3 aromatic rings. The summed E-state index contributed by atoms with van der Waals surface area (Å²) in [5.74, 6) is 0. The van der Waals surface area contributed by atoms with Gasteiger partial charge in [0.2, 0.25) is 0 Å². The summed E-state index contributed by atoms with van der Waals surface area (Å²) in [5, 5.41) is 0. The molecule has 0 aliphatic rings. The van der Waals surface area contributed by atoms with Gasteiger partial charge in [-0.05, 0) is 49.7 Å². The van der Waals surface area contributed by atoms with Gasteiger partial charge in [0.1, 0.15) is 0 Å². The predicted molar refractivity (Wildman–Crippen MR) is 107 cm³/mol. The maximum Gasteiger partial charge on any atom is 0.416 e. The Balaban J connectivity index is 2.34. The van der Waals surface area contributed by atoms with Gasteiger partial charge in [-0.1, -0.05) is 12.1 Å². The molecule has 3 rings (SSSR count). The van der Waals surface area contributed by atoms with Crippen molar-refractivity contribution in [3.63, 3.8) is 0 Å². The maximum absolute atomic E-state index is 13.0. The molecule has 0 saturated carbocycles. The number of hydrogen-bond acceptors (Lipinski definition) is 4. The van der Waals surface area contributed by atoms with Crippen LogP contribution in [0.25, 0.3) is 11.0 Å². The highest BCUT2D eigenvalue weighted by Gasteiger charge is 2.30. The average Bonchev–Trinajstić information content (AvgIpc) is 2.63. The van der Waals surface area contributed by atoms with Crippen LogP contribution in [0.5, 0.6) is 0 Å². The molecule has 0 spiro atoms. The molecule has 1 aromatic heterocycles. The number of sulfone groups is 1. The quantitative estimate of drug-likeness (QED) is 0.584. The molecule has 0 bridgehead atoms. The van der Waals surface area contributed by atoms with Gasteiger partial charge in [-0.3, -0.25) is 18.7 Å². The van der Waals surface area contributed by atoms with E-state index in [1.807, 2.05) is 0 Å². The summed E-state index contributed by atoms with van der Waals surface area (Å²) in [4.78, 5) is 25.4. The molecule has 10 heteroatoms. The lowest BCUT2D eigenvalue weighted by Crippen LogP contribution is -2.42. The first-order valence-corrected chi connectivity index (χ1v) is 10.8. The van der Waals surface area contributed by atoms with E-state index in [1.54, 1.807) is 13.8 Å². The Morgan fingerprint density at radius 2 is 1.63 bits per heavy atom. The van der Waals surface area contributed by atoms with Crippen molar-refractivity contribution in [1.29, 1.82) is 0 Å². The van der Waals surface area contributed by atoms with Crippen molar-refractivity contribution in [3.8, 4) is 0 Å². The molecule has 0 amide bonds. The highest BCUT2D eigenvalue weighted by Crippen LogP contribution is 2.30. The lowest BCUT2D eigenvalue weighted by atomic mass is 10.1. The number of rotatable bonds is 4. The highest BCUT2D eigenvalue weighted by atomic mass is 32.2. The molecule has 0 aliphatic heterocycles. The lowest BCUT2D eigenvalue weighted by Gasteiger charge is -2.18. The standard InChI is InChI=1S/C20H19F3N2O4S/c1-12(2)25-16-8-7-15(30(3,28)29)10-17(16)24(18(26)19(25)27)11-13-5-4-6-14(9-13)20(21,22)23/h4-10,12H,11H2,1-3H3. The first kappa shape index (κ1) is 21.8. The molecule has 6 nitrogen and oxygen atoms in total. The Morgan fingerprint density at radius 1 is 0.967 bits per heavy atom. The number of benzene rings is 2. The van der Waals surface area contributed by atoms with Gasteiger partial charge >= 0.3 is 17.3 Å². The molecule has 1 heterocycles. The van der Waals surface area contributed by atoms with Crippen LogP contribution in [0.1, 0.15) is 31.0 Å².